The van der Waals surface area contributed by atoms with Gasteiger partial charge in [-0.1, -0.05) is 0 Å². The molecule has 0 aromatic rings. The summed E-state index contributed by atoms with van der Waals surface area (Å²) in [6.45, 7) is 1.05. The second-order valence-electron chi connectivity index (χ2n) is 5.30. The number of rotatable bonds is 3. The molecule has 0 radical (unpaired) electrons. The number of hydrogen-bond donors (Lipinski definition) is 3. The van der Waals surface area contributed by atoms with Gasteiger partial charge >= 0.3 is 12.0 Å². The predicted molar refractivity (Wildman–Crippen MR) is 67.8 cm³/mol. The number of likely N-dealkylation sites (tertiary alicyclic amines) is 1. The van der Waals surface area contributed by atoms with Crippen molar-refractivity contribution in [2.24, 2.45) is 11.7 Å². The third-order valence-electron chi connectivity index (χ3n) is 3.90. The van der Waals surface area contributed by atoms with Crippen molar-refractivity contribution < 1.29 is 24.2 Å². The minimum atomic E-state index is -1.34. The standard InChI is InChI=1S/C12H19N3O5/c13-11(19)15-4-1-2-8(6-15)9(16)14-12(10(17)18)3-5-20-7-12/h8H,1-7H2,(H2,13,19)(H,14,16)(H,17,18). The van der Waals surface area contributed by atoms with Crippen LogP contribution in [0.4, 0.5) is 4.79 Å². The molecule has 4 N–H and O–H groups in total. The molecule has 0 saturated carbocycles. The number of nitrogens with one attached hydrogen (secondary N) is 1. The number of carboxylic acids is 1. The zero-order chi connectivity index (χ0) is 14.8. The predicted octanol–water partition coefficient (Wildman–Crippen LogP) is -0.863. The second kappa shape index (κ2) is 5.66. The van der Waals surface area contributed by atoms with E-state index in [0.717, 1.165) is 0 Å². The Morgan fingerprint density at radius 2 is 2.15 bits per heavy atom. The molecule has 2 heterocycles. The number of primary amides is 1. The van der Waals surface area contributed by atoms with Crippen LogP contribution in [0.25, 0.3) is 0 Å². The van der Waals surface area contributed by atoms with Crippen LogP contribution in [0.3, 0.4) is 0 Å². The van der Waals surface area contributed by atoms with E-state index >= 15 is 0 Å². The maximum atomic E-state index is 12.2. The van der Waals surface area contributed by atoms with Crippen molar-refractivity contribution in [2.45, 2.75) is 24.8 Å². The number of nitrogens with zero attached hydrogens (tertiary/aromatic N) is 1. The summed E-state index contributed by atoms with van der Waals surface area (Å²) in [4.78, 5) is 36.1. The average Bonchev–Trinajstić information content (AvgIpc) is 2.88. The molecule has 2 fully saturated rings. The van der Waals surface area contributed by atoms with Crippen molar-refractivity contribution in [1.29, 1.82) is 0 Å². The van der Waals surface area contributed by atoms with Crippen LogP contribution in [0.2, 0.25) is 0 Å². The molecule has 0 bridgehead atoms. The summed E-state index contributed by atoms with van der Waals surface area (Å²) in [5.74, 6) is -1.87. The van der Waals surface area contributed by atoms with E-state index in [4.69, 9.17) is 10.5 Å². The van der Waals surface area contributed by atoms with E-state index in [0.29, 0.717) is 26.0 Å². The maximum Gasteiger partial charge on any atom is 0.331 e. The summed E-state index contributed by atoms with van der Waals surface area (Å²) in [5.41, 5.74) is 3.87. The topological polar surface area (TPSA) is 122 Å². The smallest absolute Gasteiger partial charge is 0.331 e. The van der Waals surface area contributed by atoms with Gasteiger partial charge in [0, 0.05) is 26.1 Å². The molecular formula is C12H19N3O5. The Morgan fingerprint density at radius 3 is 2.70 bits per heavy atom. The second-order valence-corrected chi connectivity index (χ2v) is 5.30. The fraction of sp³-hybridized carbons (Fsp3) is 0.750. The van der Waals surface area contributed by atoms with Gasteiger partial charge in [0.1, 0.15) is 0 Å². The summed E-state index contributed by atoms with van der Waals surface area (Å²) < 4.78 is 5.09. The molecule has 20 heavy (non-hydrogen) atoms. The lowest BCUT2D eigenvalue weighted by Crippen LogP contribution is -2.58. The number of nitrogens with two attached hydrogens (primary N) is 1. The number of urea groups is 1. The Balaban J connectivity index is 2.00. The highest BCUT2D eigenvalue weighted by Crippen LogP contribution is 2.22. The van der Waals surface area contributed by atoms with Crippen molar-refractivity contribution in [2.75, 3.05) is 26.3 Å². The van der Waals surface area contributed by atoms with Gasteiger partial charge in [0.25, 0.3) is 0 Å². The summed E-state index contributed by atoms with van der Waals surface area (Å²) in [6.07, 6.45) is 1.55. The average molecular weight is 285 g/mol. The van der Waals surface area contributed by atoms with Crippen LogP contribution in [0.5, 0.6) is 0 Å². The Hall–Kier alpha value is -1.83. The van der Waals surface area contributed by atoms with Crippen molar-refractivity contribution in [3.05, 3.63) is 0 Å². The molecular weight excluding hydrogens is 266 g/mol. The van der Waals surface area contributed by atoms with E-state index in [1.807, 2.05) is 0 Å². The van der Waals surface area contributed by atoms with Crippen LogP contribution in [-0.4, -0.2) is 59.8 Å². The molecule has 0 aromatic carbocycles. The van der Waals surface area contributed by atoms with Gasteiger partial charge in [-0.15, -0.1) is 0 Å². The normalized spacial score (nSPS) is 30.0. The zero-order valence-corrected chi connectivity index (χ0v) is 11.1. The molecule has 8 heteroatoms. The first-order valence-electron chi connectivity index (χ1n) is 6.62. The fourth-order valence-electron chi connectivity index (χ4n) is 2.61. The lowest BCUT2D eigenvalue weighted by atomic mass is 9.93. The molecule has 112 valence electrons. The van der Waals surface area contributed by atoms with Crippen LogP contribution >= 0.6 is 0 Å². The minimum absolute atomic E-state index is 0.0275. The Labute approximate surface area is 116 Å². The first-order valence-corrected chi connectivity index (χ1v) is 6.62. The van der Waals surface area contributed by atoms with Gasteiger partial charge in [-0.05, 0) is 12.8 Å². The molecule has 2 saturated heterocycles. The van der Waals surface area contributed by atoms with Crippen LogP contribution in [0.15, 0.2) is 0 Å². The molecule has 2 rings (SSSR count). The first kappa shape index (κ1) is 14.6. The van der Waals surface area contributed by atoms with E-state index < -0.39 is 23.5 Å². The molecule has 0 aliphatic carbocycles. The van der Waals surface area contributed by atoms with Crippen LogP contribution in [-0.2, 0) is 14.3 Å². The number of hydrogen-bond acceptors (Lipinski definition) is 4. The number of aliphatic carboxylic acids is 1. The van der Waals surface area contributed by atoms with Crippen molar-refractivity contribution in [1.82, 2.24) is 10.2 Å². The minimum Gasteiger partial charge on any atom is -0.479 e. The largest absolute Gasteiger partial charge is 0.479 e. The van der Waals surface area contributed by atoms with Gasteiger partial charge in [-0.3, -0.25) is 4.79 Å². The van der Waals surface area contributed by atoms with E-state index in [1.54, 1.807) is 0 Å². The Bertz CT molecular complexity index is 419. The summed E-state index contributed by atoms with van der Waals surface area (Å²) in [5, 5.41) is 11.9. The van der Waals surface area contributed by atoms with Crippen LogP contribution in [0, 0.1) is 5.92 Å². The summed E-state index contributed by atoms with van der Waals surface area (Å²) >= 11 is 0. The van der Waals surface area contributed by atoms with E-state index in [9.17, 15) is 19.5 Å². The van der Waals surface area contributed by atoms with Gasteiger partial charge < -0.3 is 25.8 Å². The highest BCUT2D eigenvalue weighted by Gasteiger charge is 2.45. The molecule has 2 aliphatic heterocycles. The summed E-state index contributed by atoms with van der Waals surface area (Å²) in [6, 6.07) is -0.556. The third kappa shape index (κ3) is 2.84. The van der Waals surface area contributed by atoms with Gasteiger partial charge in [0.15, 0.2) is 5.54 Å². The van der Waals surface area contributed by atoms with E-state index in [1.165, 1.54) is 4.90 Å². The van der Waals surface area contributed by atoms with Crippen LogP contribution < -0.4 is 11.1 Å². The SMILES string of the molecule is NC(=O)N1CCCC(C(=O)NC2(C(=O)O)CCOC2)C1. The van der Waals surface area contributed by atoms with Gasteiger partial charge in [-0.2, -0.15) is 0 Å². The molecule has 2 unspecified atom stereocenters. The maximum absolute atomic E-state index is 12.2. The molecule has 3 amide bonds. The van der Waals surface area contributed by atoms with Gasteiger partial charge in [0.2, 0.25) is 5.91 Å². The van der Waals surface area contributed by atoms with Crippen molar-refractivity contribution >= 4 is 17.9 Å². The Morgan fingerprint density at radius 1 is 1.40 bits per heavy atom. The van der Waals surface area contributed by atoms with Crippen molar-refractivity contribution in [3.8, 4) is 0 Å². The molecule has 8 nitrogen and oxygen atoms in total. The van der Waals surface area contributed by atoms with Gasteiger partial charge in [-0.25, -0.2) is 9.59 Å². The molecule has 0 spiro atoms. The highest BCUT2D eigenvalue weighted by molar-refractivity contribution is 5.89. The third-order valence-corrected chi connectivity index (χ3v) is 3.90. The number of piperidine rings is 1. The monoisotopic (exact) mass is 285 g/mol. The summed E-state index contributed by atoms with van der Waals surface area (Å²) in [7, 11) is 0. The van der Waals surface area contributed by atoms with E-state index in [2.05, 4.69) is 5.32 Å². The number of amides is 3. The van der Waals surface area contributed by atoms with E-state index in [-0.39, 0.29) is 25.5 Å². The fourth-order valence-corrected chi connectivity index (χ4v) is 2.61. The lowest BCUT2D eigenvalue weighted by molar-refractivity contribution is -0.148. The quantitative estimate of drug-likeness (QED) is 0.622. The number of carbonyl (C=O) groups is 3. The lowest BCUT2D eigenvalue weighted by Gasteiger charge is -2.33. The highest BCUT2D eigenvalue weighted by atomic mass is 16.5. The Kier molecular flexibility index (Phi) is 4.12. The van der Waals surface area contributed by atoms with Crippen LogP contribution in [0.1, 0.15) is 19.3 Å². The zero-order valence-electron chi connectivity index (χ0n) is 11.1. The van der Waals surface area contributed by atoms with Crippen molar-refractivity contribution in [3.63, 3.8) is 0 Å². The number of ether oxygens (including phenoxy) is 1. The number of carboxylic acid groups (broad SMARTS) is 1. The molecule has 2 atom stereocenters. The number of carbonyl (C=O) groups excluding carboxylic acids is 2. The molecule has 2 aliphatic rings. The van der Waals surface area contributed by atoms with Gasteiger partial charge in [0.05, 0.1) is 12.5 Å². The molecule has 0 aromatic heterocycles. The first-order chi connectivity index (χ1) is 9.44.